The first-order chi connectivity index (χ1) is 8.80. The Morgan fingerprint density at radius 3 is 2.53 bits per heavy atom. The van der Waals surface area contributed by atoms with Crippen molar-refractivity contribution in [1.82, 2.24) is 5.32 Å². The van der Waals surface area contributed by atoms with Crippen molar-refractivity contribution in [2.45, 2.75) is 58.5 Å². The van der Waals surface area contributed by atoms with E-state index < -0.39 is 0 Å². The Labute approximate surface area is 118 Å². The first-order valence-electron chi connectivity index (χ1n) is 7.38. The molecule has 1 saturated heterocycles. The standard InChI is InChI=1S/C17H28N2/c1-12(2)14-8-7-13(3)16(9-14)19(6)15-10-17(4,5)18-11-15/h7-9,12,15,18H,10-11H2,1-6H3. The van der Waals surface area contributed by atoms with Gasteiger partial charge in [0.25, 0.3) is 0 Å². The molecule has 2 heteroatoms. The van der Waals surface area contributed by atoms with Gasteiger partial charge in [0.15, 0.2) is 0 Å². The number of rotatable bonds is 3. The van der Waals surface area contributed by atoms with E-state index in [-0.39, 0.29) is 5.54 Å². The van der Waals surface area contributed by atoms with E-state index in [2.05, 4.69) is 70.1 Å². The van der Waals surface area contributed by atoms with E-state index in [0.29, 0.717) is 12.0 Å². The summed E-state index contributed by atoms with van der Waals surface area (Å²) in [7, 11) is 2.24. The van der Waals surface area contributed by atoms with Crippen LogP contribution in [0, 0.1) is 6.92 Å². The fraction of sp³-hybridized carbons (Fsp3) is 0.647. The highest BCUT2D eigenvalue weighted by Crippen LogP contribution is 2.30. The number of anilines is 1. The van der Waals surface area contributed by atoms with Gasteiger partial charge < -0.3 is 10.2 Å². The van der Waals surface area contributed by atoms with Crippen molar-refractivity contribution < 1.29 is 0 Å². The fourth-order valence-electron chi connectivity index (χ4n) is 2.96. The van der Waals surface area contributed by atoms with Crippen LogP contribution in [0.4, 0.5) is 5.69 Å². The number of benzene rings is 1. The smallest absolute Gasteiger partial charge is 0.0428 e. The predicted molar refractivity (Wildman–Crippen MR) is 84.2 cm³/mol. The highest BCUT2D eigenvalue weighted by Gasteiger charge is 2.33. The Hall–Kier alpha value is -1.02. The van der Waals surface area contributed by atoms with Crippen molar-refractivity contribution in [1.29, 1.82) is 0 Å². The normalized spacial score (nSPS) is 21.9. The number of nitrogens with zero attached hydrogens (tertiary/aromatic N) is 1. The van der Waals surface area contributed by atoms with Crippen molar-refractivity contribution in [2.75, 3.05) is 18.5 Å². The lowest BCUT2D eigenvalue weighted by atomic mass is 9.98. The lowest BCUT2D eigenvalue weighted by Crippen LogP contribution is -2.33. The summed E-state index contributed by atoms with van der Waals surface area (Å²) >= 11 is 0. The molecule has 0 bridgehead atoms. The Kier molecular flexibility index (Phi) is 3.91. The Morgan fingerprint density at radius 2 is 2.00 bits per heavy atom. The molecule has 1 atom stereocenters. The van der Waals surface area contributed by atoms with Crippen LogP contribution >= 0.6 is 0 Å². The average molecular weight is 260 g/mol. The van der Waals surface area contributed by atoms with E-state index in [1.807, 2.05) is 0 Å². The molecule has 2 nitrogen and oxygen atoms in total. The summed E-state index contributed by atoms with van der Waals surface area (Å²) < 4.78 is 0. The molecule has 19 heavy (non-hydrogen) atoms. The molecule has 2 rings (SSSR count). The Balaban J connectivity index is 2.23. The van der Waals surface area contributed by atoms with Crippen molar-refractivity contribution in [3.05, 3.63) is 29.3 Å². The number of hydrogen-bond acceptors (Lipinski definition) is 2. The molecule has 0 aliphatic carbocycles. The van der Waals surface area contributed by atoms with Gasteiger partial charge in [-0.2, -0.15) is 0 Å². The van der Waals surface area contributed by atoms with E-state index in [1.165, 1.54) is 23.2 Å². The molecule has 1 unspecified atom stereocenters. The van der Waals surface area contributed by atoms with Crippen LogP contribution < -0.4 is 10.2 Å². The van der Waals surface area contributed by atoms with Gasteiger partial charge in [0.1, 0.15) is 0 Å². The van der Waals surface area contributed by atoms with Crippen molar-refractivity contribution in [3.8, 4) is 0 Å². The molecule has 1 heterocycles. The Morgan fingerprint density at radius 1 is 1.32 bits per heavy atom. The number of nitrogens with one attached hydrogen (secondary N) is 1. The molecule has 106 valence electrons. The maximum absolute atomic E-state index is 3.61. The molecule has 1 aliphatic heterocycles. The van der Waals surface area contributed by atoms with E-state index in [9.17, 15) is 0 Å². The summed E-state index contributed by atoms with van der Waals surface area (Å²) in [6.45, 7) is 12.4. The topological polar surface area (TPSA) is 15.3 Å². The summed E-state index contributed by atoms with van der Waals surface area (Å²) in [6, 6.07) is 7.48. The second kappa shape index (κ2) is 5.16. The molecule has 0 spiro atoms. The number of hydrogen-bond donors (Lipinski definition) is 1. The molecular formula is C17H28N2. The minimum Gasteiger partial charge on any atom is -0.370 e. The van der Waals surface area contributed by atoms with Crippen LogP contribution in [0.1, 0.15) is 51.2 Å². The molecule has 0 amide bonds. The largest absolute Gasteiger partial charge is 0.370 e. The van der Waals surface area contributed by atoms with Crippen LogP contribution in [-0.2, 0) is 0 Å². The molecule has 1 N–H and O–H groups in total. The first kappa shape index (κ1) is 14.4. The highest BCUT2D eigenvalue weighted by molar-refractivity contribution is 5.56. The highest BCUT2D eigenvalue weighted by atomic mass is 15.2. The monoisotopic (exact) mass is 260 g/mol. The summed E-state index contributed by atoms with van der Waals surface area (Å²) in [5.41, 5.74) is 4.45. The van der Waals surface area contributed by atoms with E-state index in [1.54, 1.807) is 0 Å². The lowest BCUT2D eigenvalue weighted by Gasteiger charge is -2.29. The maximum atomic E-state index is 3.61. The van der Waals surface area contributed by atoms with Crippen LogP contribution in [-0.4, -0.2) is 25.2 Å². The van der Waals surface area contributed by atoms with E-state index in [0.717, 1.165) is 6.54 Å². The minimum atomic E-state index is 0.266. The summed E-state index contributed by atoms with van der Waals surface area (Å²) in [5, 5.41) is 3.61. The average Bonchev–Trinajstić information content (AvgIpc) is 2.69. The zero-order valence-electron chi connectivity index (χ0n) is 13.2. The molecule has 1 aromatic rings. The van der Waals surface area contributed by atoms with Gasteiger partial charge in [0, 0.05) is 30.9 Å². The van der Waals surface area contributed by atoms with Crippen molar-refractivity contribution in [3.63, 3.8) is 0 Å². The molecule has 0 saturated carbocycles. The molecule has 1 aliphatic rings. The van der Waals surface area contributed by atoms with Crippen LogP contribution in [0.15, 0.2) is 18.2 Å². The summed E-state index contributed by atoms with van der Waals surface area (Å²) in [4.78, 5) is 2.46. The van der Waals surface area contributed by atoms with Gasteiger partial charge in [-0.1, -0.05) is 26.0 Å². The first-order valence-corrected chi connectivity index (χ1v) is 7.38. The zero-order chi connectivity index (χ0) is 14.2. The van der Waals surface area contributed by atoms with Gasteiger partial charge in [-0.3, -0.25) is 0 Å². The Bertz CT molecular complexity index is 449. The molecule has 1 aromatic carbocycles. The van der Waals surface area contributed by atoms with Crippen molar-refractivity contribution >= 4 is 5.69 Å². The zero-order valence-corrected chi connectivity index (χ0v) is 13.2. The summed E-state index contributed by atoms with van der Waals surface area (Å²) in [6.07, 6.45) is 1.20. The second-order valence-electron chi connectivity index (χ2n) is 6.93. The number of aryl methyl sites for hydroxylation is 1. The van der Waals surface area contributed by atoms with Gasteiger partial charge in [0.05, 0.1) is 0 Å². The van der Waals surface area contributed by atoms with Gasteiger partial charge in [0.2, 0.25) is 0 Å². The van der Waals surface area contributed by atoms with E-state index >= 15 is 0 Å². The minimum absolute atomic E-state index is 0.266. The van der Waals surface area contributed by atoms with Crippen LogP contribution in [0.2, 0.25) is 0 Å². The van der Waals surface area contributed by atoms with Crippen LogP contribution in [0.3, 0.4) is 0 Å². The van der Waals surface area contributed by atoms with Gasteiger partial charge >= 0.3 is 0 Å². The molecular weight excluding hydrogens is 232 g/mol. The van der Waals surface area contributed by atoms with Gasteiger partial charge in [-0.05, 0) is 50.3 Å². The molecule has 0 radical (unpaired) electrons. The third-order valence-electron chi connectivity index (χ3n) is 4.39. The lowest BCUT2D eigenvalue weighted by molar-refractivity contribution is 0.454. The molecule has 0 aromatic heterocycles. The number of likely N-dealkylation sites (N-methyl/N-ethyl adjacent to an activating group) is 1. The third-order valence-corrected chi connectivity index (χ3v) is 4.39. The van der Waals surface area contributed by atoms with Crippen LogP contribution in [0.25, 0.3) is 0 Å². The maximum Gasteiger partial charge on any atom is 0.0428 e. The predicted octanol–water partition coefficient (Wildman–Crippen LogP) is 3.70. The van der Waals surface area contributed by atoms with E-state index in [4.69, 9.17) is 0 Å². The van der Waals surface area contributed by atoms with Gasteiger partial charge in [-0.25, -0.2) is 0 Å². The quantitative estimate of drug-likeness (QED) is 0.891. The SMILES string of the molecule is Cc1ccc(C(C)C)cc1N(C)C1CNC(C)(C)C1. The third kappa shape index (κ3) is 3.11. The van der Waals surface area contributed by atoms with Crippen molar-refractivity contribution in [2.24, 2.45) is 0 Å². The second-order valence-corrected chi connectivity index (χ2v) is 6.93. The van der Waals surface area contributed by atoms with Crippen LogP contribution in [0.5, 0.6) is 0 Å². The fourth-order valence-corrected chi connectivity index (χ4v) is 2.96. The summed E-state index contributed by atoms with van der Waals surface area (Å²) in [5.74, 6) is 0.589. The van der Waals surface area contributed by atoms with Gasteiger partial charge in [-0.15, -0.1) is 0 Å². The molecule has 1 fully saturated rings.